The number of hydrogen-bond acceptors (Lipinski definition) is 3. The molecule has 0 amide bonds. The highest BCUT2D eigenvalue weighted by Gasteiger charge is 2.11. The van der Waals surface area contributed by atoms with Crippen molar-refractivity contribution in [2.45, 2.75) is 19.4 Å². The predicted molar refractivity (Wildman–Crippen MR) is 69.6 cm³/mol. The van der Waals surface area contributed by atoms with Gasteiger partial charge in [0.2, 0.25) is 0 Å². The number of halogens is 1. The quantitative estimate of drug-likeness (QED) is 0.946. The molecule has 4 heteroatoms. The Morgan fingerprint density at radius 2 is 2.12 bits per heavy atom. The highest BCUT2D eigenvalue weighted by Crippen LogP contribution is 2.20. The molecule has 1 atom stereocenters. The van der Waals surface area contributed by atoms with E-state index < -0.39 is 6.10 Å². The Labute approximate surface area is 109 Å². The topological polar surface area (TPSA) is 46.0 Å². The summed E-state index contributed by atoms with van der Waals surface area (Å²) in [6, 6.07) is 5.68. The summed E-state index contributed by atoms with van der Waals surface area (Å²) < 4.78 is 0.941. The highest BCUT2D eigenvalue weighted by molar-refractivity contribution is 9.10. The number of aliphatic hydroxyl groups excluding tert-OH is 1. The molecule has 17 heavy (non-hydrogen) atoms. The molecule has 0 aromatic carbocycles. The van der Waals surface area contributed by atoms with Gasteiger partial charge in [-0.25, -0.2) is 0 Å². The Hall–Kier alpha value is -1.26. The average molecular weight is 293 g/mol. The molecule has 0 aliphatic rings. The fourth-order valence-corrected chi connectivity index (χ4v) is 1.93. The van der Waals surface area contributed by atoms with E-state index >= 15 is 0 Å². The van der Waals surface area contributed by atoms with Gasteiger partial charge in [0, 0.05) is 35.2 Å². The van der Waals surface area contributed by atoms with E-state index in [1.54, 1.807) is 18.6 Å². The molecule has 2 heterocycles. The summed E-state index contributed by atoms with van der Waals surface area (Å²) in [6.45, 7) is 1.95. The normalized spacial score (nSPS) is 12.4. The van der Waals surface area contributed by atoms with Crippen molar-refractivity contribution in [1.82, 2.24) is 9.97 Å². The van der Waals surface area contributed by atoms with Crippen molar-refractivity contribution in [3.63, 3.8) is 0 Å². The molecule has 0 spiro atoms. The van der Waals surface area contributed by atoms with Gasteiger partial charge in [0.15, 0.2) is 0 Å². The number of hydrogen-bond donors (Lipinski definition) is 1. The first kappa shape index (κ1) is 12.2. The third kappa shape index (κ3) is 3.11. The molecule has 2 rings (SSSR count). The van der Waals surface area contributed by atoms with E-state index in [9.17, 15) is 5.11 Å². The van der Waals surface area contributed by atoms with E-state index in [0.717, 1.165) is 21.3 Å². The number of aromatic nitrogens is 2. The van der Waals surface area contributed by atoms with Crippen molar-refractivity contribution in [3.8, 4) is 0 Å². The molecule has 2 aromatic rings. The summed E-state index contributed by atoms with van der Waals surface area (Å²) in [5.74, 6) is 0. The zero-order chi connectivity index (χ0) is 12.3. The van der Waals surface area contributed by atoms with E-state index in [1.165, 1.54) is 0 Å². The van der Waals surface area contributed by atoms with Crippen LogP contribution in [0.2, 0.25) is 0 Å². The molecule has 0 aliphatic heterocycles. The fourth-order valence-electron chi connectivity index (χ4n) is 1.69. The van der Waals surface area contributed by atoms with E-state index in [4.69, 9.17) is 0 Å². The van der Waals surface area contributed by atoms with Crippen molar-refractivity contribution < 1.29 is 5.11 Å². The van der Waals surface area contributed by atoms with Crippen LogP contribution in [0.5, 0.6) is 0 Å². The molecule has 0 fully saturated rings. The van der Waals surface area contributed by atoms with E-state index in [2.05, 4.69) is 25.9 Å². The number of nitrogens with zero attached hydrogens (tertiary/aromatic N) is 2. The van der Waals surface area contributed by atoms with Gasteiger partial charge in [-0.05, 0) is 52.2 Å². The Balaban J connectivity index is 2.14. The van der Waals surface area contributed by atoms with Crippen LogP contribution >= 0.6 is 15.9 Å². The van der Waals surface area contributed by atoms with Crippen molar-refractivity contribution in [3.05, 3.63) is 58.1 Å². The molecule has 1 N–H and O–H groups in total. The average Bonchev–Trinajstić information content (AvgIpc) is 2.32. The molecule has 88 valence electrons. The van der Waals surface area contributed by atoms with E-state index in [-0.39, 0.29) is 0 Å². The zero-order valence-corrected chi connectivity index (χ0v) is 11.1. The van der Waals surface area contributed by atoms with Crippen LogP contribution in [-0.2, 0) is 6.42 Å². The standard InChI is InChI=1S/C13H13BrN2O/c1-9-7-15-5-4-12(9)13(17)6-11-3-2-10(14)8-16-11/h2-5,7-8,13,17H,6H2,1H3. The monoisotopic (exact) mass is 292 g/mol. The van der Waals surface area contributed by atoms with Crippen LogP contribution < -0.4 is 0 Å². The van der Waals surface area contributed by atoms with Crippen LogP contribution in [0.4, 0.5) is 0 Å². The smallest absolute Gasteiger partial charge is 0.0849 e. The number of rotatable bonds is 3. The van der Waals surface area contributed by atoms with Crippen LogP contribution in [0.3, 0.4) is 0 Å². The second-order valence-corrected chi connectivity index (χ2v) is 4.84. The minimum absolute atomic E-state index is 0.512. The van der Waals surface area contributed by atoms with Crippen LogP contribution in [0, 0.1) is 6.92 Å². The summed E-state index contributed by atoms with van der Waals surface area (Å²) in [6.07, 6.45) is 5.17. The van der Waals surface area contributed by atoms with Gasteiger partial charge in [0.1, 0.15) is 0 Å². The summed E-state index contributed by atoms with van der Waals surface area (Å²) in [7, 11) is 0. The number of aryl methyl sites for hydroxylation is 1. The molecular formula is C13H13BrN2O. The van der Waals surface area contributed by atoms with Crippen LogP contribution in [-0.4, -0.2) is 15.1 Å². The maximum Gasteiger partial charge on any atom is 0.0849 e. The SMILES string of the molecule is Cc1cnccc1C(O)Cc1ccc(Br)cn1. The maximum atomic E-state index is 10.1. The Bertz CT molecular complexity index is 499. The maximum absolute atomic E-state index is 10.1. The Kier molecular flexibility index (Phi) is 3.86. The largest absolute Gasteiger partial charge is 0.388 e. The van der Waals surface area contributed by atoms with Gasteiger partial charge in [-0.3, -0.25) is 9.97 Å². The first-order valence-electron chi connectivity index (χ1n) is 5.36. The summed E-state index contributed by atoms with van der Waals surface area (Å²) in [5, 5.41) is 10.1. The predicted octanol–water partition coefficient (Wildman–Crippen LogP) is 2.82. The summed E-state index contributed by atoms with van der Waals surface area (Å²) in [4.78, 5) is 8.26. The number of pyridine rings is 2. The fraction of sp³-hybridized carbons (Fsp3) is 0.231. The van der Waals surface area contributed by atoms with E-state index in [0.29, 0.717) is 6.42 Å². The van der Waals surface area contributed by atoms with Crippen molar-refractivity contribution in [2.75, 3.05) is 0 Å². The van der Waals surface area contributed by atoms with Crippen molar-refractivity contribution in [2.24, 2.45) is 0 Å². The van der Waals surface area contributed by atoms with Crippen molar-refractivity contribution in [1.29, 1.82) is 0 Å². The lowest BCUT2D eigenvalue weighted by atomic mass is 10.0. The molecule has 3 nitrogen and oxygen atoms in total. The lowest BCUT2D eigenvalue weighted by molar-refractivity contribution is 0.176. The Morgan fingerprint density at radius 1 is 1.29 bits per heavy atom. The molecule has 2 aromatic heterocycles. The van der Waals surface area contributed by atoms with Gasteiger partial charge in [0.25, 0.3) is 0 Å². The van der Waals surface area contributed by atoms with Gasteiger partial charge in [-0.15, -0.1) is 0 Å². The van der Waals surface area contributed by atoms with Gasteiger partial charge >= 0.3 is 0 Å². The second-order valence-electron chi connectivity index (χ2n) is 3.92. The van der Waals surface area contributed by atoms with Crippen LogP contribution in [0.1, 0.15) is 22.9 Å². The van der Waals surface area contributed by atoms with E-state index in [1.807, 2.05) is 25.1 Å². The van der Waals surface area contributed by atoms with Crippen molar-refractivity contribution >= 4 is 15.9 Å². The van der Waals surface area contributed by atoms with Gasteiger partial charge in [0.05, 0.1) is 6.10 Å². The molecule has 0 bridgehead atoms. The van der Waals surface area contributed by atoms with Gasteiger partial charge < -0.3 is 5.11 Å². The third-order valence-electron chi connectivity index (χ3n) is 2.61. The molecule has 0 saturated heterocycles. The molecular weight excluding hydrogens is 280 g/mol. The van der Waals surface area contributed by atoms with Gasteiger partial charge in [-0.1, -0.05) is 0 Å². The summed E-state index contributed by atoms with van der Waals surface area (Å²) in [5.41, 5.74) is 2.78. The highest BCUT2D eigenvalue weighted by atomic mass is 79.9. The lowest BCUT2D eigenvalue weighted by Crippen LogP contribution is -2.05. The lowest BCUT2D eigenvalue weighted by Gasteiger charge is -2.12. The first-order valence-corrected chi connectivity index (χ1v) is 6.15. The zero-order valence-electron chi connectivity index (χ0n) is 9.47. The first-order chi connectivity index (χ1) is 8.16. The van der Waals surface area contributed by atoms with Gasteiger partial charge in [-0.2, -0.15) is 0 Å². The minimum atomic E-state index is -0.535. The second kappa shape index (κ2) is 5.38. The molecule has 0 radical (unpaired) electrons. The summed E-state index contributed by atoms with van der Waals surface area (Å²) >= 11 is 3.33. The molecule has 0 aliphatic carbocycles. The number of aliphatic hydroxyl groups is 1. The van der Waals surface area contributed by atoms with Crippen LogP contribution in [0.25, 0.3) is 0 Å². The third-order valence-corrected chi connectivity index (χ3v) is 3.08. The molecule has 0 saturated carbocycles. The van der Waals surface area contributed by atoms with Crippen LogP contribution in [0.15, 0.2) is 41.3 Å². The Morgan fingerprint density at radius 3 is 2.76 bits per heavy atom. The molecule has 1 unspecified atom stereocenters. The minimum Gasteiger partial charge on any atom is -0.388 e.